The standard InChI is InChI=1S/C31H39N3O5S/c1-7-24(4)32-31(36)25(5)33(20-26-12-10-13-27(19-26)39-6)30(35)21-34(29-14-9-8-11-23(29)3)40(37,38)28-17-15-22(2)16-18-28/h8-19,24-25H,7,20-21H2,1-6H3,(H,32,36)/t24-,25+/m1/s1. The molecule has 2 amide bonds. The summed E-state index contributed by atoms with van der Waals surface area (Å²) >= 11 is 0. The minimum absolute atomic E-state index is 0.0749. The van der Waals surface area contributed by atoms with E-state index in [2.05, 4.69) is 5.32 Å². The van der Waals surface area contributed by atoms with Crippen molar-refractivity contribution < 1.29 is 22.7 Å². The summed E-state index contributed by atoms with van der Waals surface area (Å²) in [5.41, 5.74) is 2.77. The molecule has 40 heavy (non-hydrogen) atoms. The Morgan fingerprint density at radius 3 is 2.25 bits per heavy atom. The predicted molar refractivity (Wildman–Crippen MR) is 158 cm³/mol. The van der Waals surface area contributed by atoms with E-state index in [9.17, 15) is 18.0 Å². The van der Waals surface area contributed by atoms with Crippen LogP contribution < -0.4 is 14.4 Å². The molecule has 1 N–H and O–H groups in total. The highest BCUT2D eigenvalue weighted by molar-refractivity contribution is 7.92. The zero-order valence-corrected chi connectivity index (χ0v) is 24.9. The maximum atomic E-state index is 14.0. The average Bonchev–Trinajstić information content (AvgIpc) is 2.94. The molecule has 0 fully saturated rings. The number of para-hydroxylation sites is 1. The Morgan fingerprint density at radius 2 is 1.62 bits per heavy atom. The molecular weight excluding hydrogens is 526 g/mol. The number of anilines is 1. The first-order chi connectivity index (χ1) is 19.0. The zero-order chi connectivity index (χ0) is 29.4. The van der Waals surface area contributed by atoms with Gasteiger partial charge in [0, 0.05) is 12.6 Å². The summed E-state index contributed by atoms with van der Waals surface area (Å²) < 4.78 is 34.4. The van der Waals surface area contributed by atoms with Crippen LogP contribution in [0.3, 0.4) is 0 Å². The van der Waals surface area contributed by atoms with Gasteiger partial charge in [0.25, 0.3) is 10.0 Å². The van der Waals surface area contributed by atoms with Crippen LogP contribution in [-0.2, 0) is 26.2 Å². The topological polar surface area (TPSA) is 96.0 Å². The van der Waals surface area contributed by atoms with Crippen molar-refractivity contribution in [1.82, 2.24) is 10.2 Å². The molecule has 0 aromatic heterocycles. The first kappa shape index (κ1) is 30.7. The number of nitrogens with one attached hydrogen (secondary N) is 1. The molecule has 0 radical (unpaired) electrons. The molecule has 0 aliphatic rings. The van der Waals surface area contributed by atoms with E-state index >= 15 is 0 Å². The summed E-state index contributed by atoms with van der Waals surface area (Å²) in [7, 11) is -2.55. The lowest BCUT2D eigenvalue weighted by atomic mass is 10.1. The zero-order valence-electron chi connectivity index (χ0n) is 24.0. The lowest BCUT2D eigenvalue weighted by Gasteiger charge is -2.33. The van der Waals surface area contributed by atoms with Crippen molar-refractivity contribution in [3.8, 4) is 5.75 Å². The van der Waals surface area contributed by atoms with Crippen LogP contribution in [0.5, 0.6) is 5.75 Å². The van der Waals surface area contributed by atoms with E-state index in [-0.39, 0.29) is 23.4 Å². The molecule has 2 atom stereocenters. The van der Waals surface area contributed by atoms with Crippen LogP contribution in [0.25, 0.3) is 0 Å². The number of ether oxygens (including phenoxy) is 1. The van der Waals surface area contributed by atoms with Gasteiger partial charge in [-0.25, -0.2) is 8.42 Å². The van der Waals surface area contributed by atoms with Gasteiger partial charge in [0.2, 0.25) is 11.8 Å². The Hall–Kier alpha value is -3.85. The summed E-state index contributed by atoms with van der Waals surface area (Å²) in [5, 5.41) is 2.94. The summed E-state index contributed by atoms with van der Waals surface area (Å²) in [4.78, 5) is 28.7. The van der Waals surface area contributed by atoms with Crippen molar-refractivity contribution in [2.24, 2.45) is 0 Å². The molecule has 3 aromatic carbocycles. The fourth-order valence-corrected chi connectivity index (χ4v) is 5.69. The highest BCUT2D eigenvalue weighted by Gasteiger charge is 2.33. The molecule has 8 nitrogen and oxygen atoms in total. The Kier molecular flexibility index (Phi) is 10.3. The van der Waals surface area contributed by atoms with Gasteiger partial charge in [-0.1, -0.05) is 55.0 Å². The van der Waals surface area contributed by atoms with Crippen LogP contribution in [0, 0.1) is 13.8 Å². The third-order valence-electron chi connectivity index (χ3n) is 6.93. The smallest absolute Gasteiger partial charge is 0.264 e. The van der Waals surface area contributed by atoms with Crippen molar-refractivity contribution in [1.29, 1.82) is 0 Å². The molecule has 214 valence electrons. The van der Waals surface area contributed by atoms with Gasteiger partial charge in [-0.2, -0.15) is 0 Å². The van der Waals surface area contributed by atoms with E-state index in [1.807, 2.05) is 39.0 Å². The number of methoxy groups -OCH3 is 1. The van der Waals surface area contributed by atoms with Crippen LogP contribution >= 0.6 is 0 Å². The van der Waals surface area contributed by atoms with E-state index in [1.165, 1.54) is 17.0 Å². The number of rotatable bonds is 12. The molecule has 0 saturated carbocycles. The van der Waals surface area contributed by atoms with Gasteiger partial charge in [-0.05, 0) is 75.6 Å². The molecule has 9 heteroatoms. The average molecular weight is 566 g/mol. The summed E-state index contributed by atoms with van der Waals surface area (Å²) in [5.74, 6) is -0.201. The van der Waals surface area contributed by atoms with Gasteiger partial charge < -0.3 is 15.0 Å². The summed E-state index contributed by atoms with van der Waals surface area (Å²) in [6, 6.07) is 19.9. The van der Waals surface area contributed by atoms with Gasteiger partial charge in [-0.3, -0.25) is 13.9 Å². The van der Waals surface area contributed by atoms with Crippen LogP contribution in [0.15, 0.2) is 77.7 Å². The molecule has 3 rings (SSSR count). The molecule has 0 spiro atoms. The number of carbonyl (C=O) groups excluding carboxylic acids is 2. The SMILES string of the molecule is CC[C@@H](C)NC(=O)[C@H](C)N(Cc1cccc(OC)c1)C(=O)CN(c1ccccc1C)S(=O)(=O)c1ccc(C)cc1. The van der Waals surface area contributed by atoms with Crippen LogP contribution in [0.4, 0.5) is 5.69 Å². The molecule has 0 unspecified atom stereocenters. The Labute approximate surface area is 238 Å². The highest BCUT2D eigenvalue weighted by Crippen LogP contribution is 2.27. The fourth-order valence-electron chi connectivity index (χ4n) is 4.21. The van der Waals surface area contributed by atoms with Crippen LogP contribution in [-0.4, -0.2) is 50.9 Å². The van der Waals surface area contributed by atoms with E-state index in [0.29, 0.717) is 17.0 Å². The largest absolute Gasteiger partial charge is 0.497 e. The van der Waals surface area contributed by atoms with Crippen molar-refractivity contribution in [2.45, 2.75) is 64.6 Å². The number of benzene rings is 3. The van der Waals surface area contributed by atoms with E-state index in [0.717, 1.165) is 21.9 Å². The lowest BCUT2D eigenvalue weighted by Crippen LogP contribution is -2.52. The third-order valence-corrected chi connectivity index (χ3v) is 8.70. The quantitative estimate of drug-likeness (QED) is 0.339. The third kappa shape index (κ3) is 7.41. The van der Waals surface area contributed by atoms with Crippen molar-refractivity contribution in [3.63, 3.8) is 0 Å². The Bertz CT molecular complexity index is 1420. The second-order valence-corrected chi connectivity index (χ2v) is 11.8. The number of amides is 2. The summed E-state index contributed by atoms with van der Waals surface area (Å²) in [6.07, 6.45) is 0.734. The van der Waals surface area contributed by atoms with Crippen LogP contribution in [0.2, 0.25) is 0 Å². The number of carbonyl (C=O) groups is 2. The number of hydrogen-bond donors (Lipinski definition) is 1. The molecule has 3 aromatic rings. The molecule has 0 heterocycles. The molecule has 0 aliphatic heterocycles. The maximum absolute atomic E-state index is 14.0. The molecular formula is C31H39N3O5S. The van der Waals surface area contributed by atoms with E-state index < -0.39 is 28.5 Å². The van der Waals surface area contributed by atoms with E-state index in [1.54, 1.807) is 63.4 Å². The normalized spacial score (nSPS) is 12.8. The van der Waals surface area contributed by atoms with Crippen molar-refractivity contribution >= 4 is 27.5 Å². The highest BCUT2D eigenvalue weighted by atomic mass is 32.2. The predicted octanol–water partition coefficient (Wildman–Crippen LogP) is 4.84. The molecule has 0 bridgehead atoms. The number of hydrogen-bond acceptors (Lipinski definition) is 5. The van der Waals surface area contributed by atoms with Crippen molar-refractivity contribution in [2.75, 3.05) is 18.0 Å². The number of sulfonamides is 1. The minimum Gasteiger partial charge on any atom is -0.497 e. The lowest BCUT2D eigenvalue weighted by molar-refractivity contribution is -0.139. The minimum atomic E-state index is -4.11. The van der Waals surface area contributed by atoms with Crippen LogP contribution in [0.1, 0.15) is 43.9 Å². The fraction of sp³-hybridized carbons (Fsp3) is 0.355. The first-order valence-electron chi connectivity index (χ1n) is 13.4. The van der Waals surface area contributed by atoms with E-state index in [4.69, 9.17) is 4.74 Å². The second kappa shape index (κ2) is 13.5. The Morgan fingerprint density at radius 1 is 0.950 bits per heavy atom. The van der Waals surface area contributed by atoms with Crippen molar-refractivity contribution in [3.05, 3.63) is 89.5 Å². The van der Waals surface area contributed by atoms with Gasteiger partial charge >= 0.3 is 0 Å². The maximum Gasteiger partial charge on any atom is 0.264 e. The first-order valence-corrected chi connectivity index (χ1v) is 14.8. The number of nitrogens with zero attached hydrogens (tertiary/aromatic N) is 2. The van der Waals surface area contributed by atoms with Gasteiger partial charge in [0.1, 0.15) is 18.3 Å². The van der Waals surface area contributed by atoms with Gasteiger partial charge in [0.05, 0.1) is 17.7 Å². The van der Waals surface area contributed by atoms with Gasteiger partial charge in [0.15, 0.2) is 0 Å². The number of aryl methyl sites for hydroxylation is 2. The summed E-state index contributed by atoms with van der Waals surface area (Å²) in [6.45, 7) is 8.80. The monoisotopic (exact) mass is 565 g/mol. The molecule has 0 aliphatic carbocycles. The Balaban J connectivity index is 2.04. The second-order valence-electron chi connectivity index (χ2n) is 9.98. The molecule has 0 saturated heterocycles. The van der Waals surface area contributed by atoms with Gasteiger partial charge in [-0.15, -0.1) is 0 Å².